The number of unbranched alkanes of at least 4 members (excludes halogenated alkanes) is 2. The van der Waals surface area contributed by atoms with Crippen LogP contribution in [0.3, 0.4) is 0 Å². The summed E-state index contributed by atoms with van der Waals surface area (Å²) >= 11 is 0. The van der Waals surface area contributed by atoms with Crippen LogP contribution in [0.5, 0.6) is 0 Å². The lowest BCUT2D eigenvalue weighted by Crippen LogP contribution is -2.31. The lowest BCUT2D eigenvalue weighted by molar-refractivity contribution is 0.116. The SMILES string of the molecule is C=CCCC1(C#N)CCC(C2CCC(CCCCC)CC2)CC1. The molecular formula is C22H37N. The van der Waals surface area contributed by atoms with E-state index in [1.165, 1.54) is 64.2 Å². The average Bonchev–Trinajstić information content (AvgIpc) is 2.61. The molecule has 1 heteroatoms. The molecule has 2 aliphatic carbocycles. The third-order valence-corrected chi connectivity index (χ3v) is 6.83. The molecule has 0 aromatic heterocycles. The molecule has 0 radical (unpaired) electrons. The predicted molar refractivity (Wildman–Crippen MR) is 99.0 cm³/mol. The zero-order valence-corrected chi connectivity index (χ0v) is 15.4. The smallest absolute Gasteiger partial charge is 0.0689 e. The maximum absolute atomic E-state index is 9.62. The van der Waals surface area contributed by atoms with Crippen LogP contribution in [0.2, 0.25) is 0 Å². The summed E-state index contributed by atoms with van der Waals surface area (Å²) in [4.78, 5) is 0. The molecule has 2 fully saturated rings. The topological polar surface area (TPSA) is 23.8 Å². The highest BCUT2D eigenvalue weighted by Gasteiger charge is 2.38. The van der Waals surface area contributed by atoms with Crippen molar-refractivity contribution in [3.05, 3.63) is 12.7 Å². The van der Waals surface area contributed by atoms with Crippen molar-refractivity contribution in [2.45, 2.75) is 96.8 Å². The van der Waals surface area contributed by atoms with Gasteiger partial charge in [0.05, 0.1) is 11.5 Å². The number of rotatable bonds is 8. The molecule has 23 heavy (non-hydrogen) atoms. The van der Waals surface area contributed by atoms with Gasteiger partial charge in [0, 0.05) is 0 Å². The largest absolute Gasteiger partial charge is 0.198 e. The highest BCUT2D eigenvalue weighted by Crippen LogP contribution is 2.47. The summed E-state index contributed by atoms with van der Waals surface area (Å²) in [6.07, 6.45) is 20.5. The van der Waals surface area contributed by atoms with Crippen molar-refractivity contribution in [1.29, 1.82) is 5.26 Å². The van der Waals surface area contributed by atoms with Gasteiger partial charge >= 0.3 is 0 Å². The van der Waals surface area contributed by atoms with Crippen LogP contribution in [0.25, 0.3) is 0 Å². The van der Waals surface area contributed by atoms with Crippen molar-refractivity contribution in [2.75, 3.05) is 0 Å². The van der Waals surface area contributed by atoms with Gasteiger partial charge in [-0.15, -0.1) is 6.58 Å². The Bertz CT molecular complexity index is 375. The molecule has 0 spiro atoms. The highest BCUT2D eigenvalue weighted by molar-refractivity contribution is 5.03. The van der Waals surface area contributed by atoms with Crippen LogP contribution >= 0.6 is 0 Å². The maximum Gasteiger partial charge on any atom is 0.0689 e. The molecule has 0 aromatic rings. The molecule has 1 nitrogen and oxygen atoms in total. The number of allylic oxidation sites excluding steroid dienone is 1. The summed E-state index contributed by atoms with van der Waals surface area (Å²) < 4.78 is 0. The molecule has 0 unspecified atom stereocenters. The monoisotopic (exact) mass is 315 g/mol. The molecule has 0 saturated heterocycles. The molecule has 0 bridgehead atoms. The molecule has 0 amide bonds. The lowest BCUT2D eigenvalue weighted by atomic mass is 9.63. The normalized spacial score (nSPS) is 34.7. The molecular weight excluding hydrogens is 278 g/mol. The first-order chi connectivity index (χ1) is 11.2. The van der Waals surface area contributed by atoms with Crippen molar-refractivity contribution in [2.24, 2.45) is 23.2 Å². The van der Waals surface area contributed by atoms with Crippen LogP contribution in [-0.2, 0) is 0 Å². The summed E-state index contributed by atoms with van der Waals surface area (Å²) in [6, 6.07) is 2.66. The van der Waals surface area contributed by atoms with Crippen LogP contribution in [0.4, 0.5) is 0 Å². The first-order valence-electron chi connectivity index (χ1n) is 10.2. The Labute approximate surface area is 144 Å². The summed E-state index contributed by atoms with van der Waals surface area (Å²) in [5.74, 6) is 2.90. The van der Waals surface area contributed by atoms with E-state index in [4.69, 9.17) is 0 Å². The van der Waals surface area contributed by atoms with Crippen molar-refractivity contribution in [3.8, 4) is 6.07 Å². The minimum Gasteiger partial charge on any atom is -0.198 e. The Morgan fingerprint density at radius 2 is 1.70 bits per heavy atom. The van der Waals surface area contributed by atoms with Gasteiger partial charge in [0.25, 0.3) is 0 Å². The van der Waals surface area contributed by atoms with Gasteiger partial charge in [-0.25, -0.2) is 0 Å². The second-order valence-electron chi connectivity index (χ2n) is 8.33. The molecule has 0 aliphatic heterocycles. The number of hydrogen-bond donors (Lipinski definition) is 0. The lowest BCUT2D eigenvalue weighted by Gasteiger charge is -2.40. The van der Waals surface area contributed by atoms with Gasteiger partial charge in [-0.1, -0.05) is 51.5 Å². The fourth-order valence-corrected chi connectivity index (χ4v) is 5.09. The van der Waals surface area contributed by atoms with Crippen LogP contribution in [0.15, 0.2) is 12.7 Å². The Morgan fingerprint density at radius 3 is 2.26 bits per heavy atom. The Balaban J connectivity index is 1.72. The first kappa shape index (κ1) is 18.6. The van der Waals surface area contributed by atoms with Crippen molar-refractivity contribution in [1.82, 2.24) is 0 Å². The summed E-state index contributed by atoms with van der Waals surface area (Å²) in [7, 11) is 0. The molecule has 0 heterocycles. The van der Waals surface area contributed by atoms with Gasteiger partial charge in [0.15, 0.2) is 0 Å². The molecule has 0 atom stereocenters. The minimum absolute atomic E-state index is 0.0257. The first-order valence-corrected chi connectivity index (χ1v) is 10.2. The van der Waals surface area contributed by atoms with E-state index in [0.29, 0.717) is 0 Å². The minimum atomic E-state index is -0.0257. The fraction of sp³-hybridized carbons (Fsp3) is 0.864. The summed E-state index contributed by atoms with van der Waals surface area (Å²) in [5.41, 5.74) is -0.0257. The maximum atomic E-state index is 9.62. The number of nitrogens with zero attached hydrogens (tertiary/aromatic N) is 1. The van der Waals surface area contributed by atoms with E-state index >= 15 is 0 Å². The highest BCUT2D eigenvalue weighted by atomic mass is 14.4. The van der Waals surface area contributed by atoms with Crippen molar-refractivity contribution < 1.29 is 0 Å². The summed E-state index contributed by atoms with van der Waals surface area (Å²) in [5, 5.41) is 9.62. The zero-order valence-electron chi connectivity index (χ0n) is 15.4. The quantitative estimate of drug-likeness (QED) is 0.348. The van der Waals surface area contributed by atoms with Gasteiger partial charge in [0.2, 0.25) is 0 Å². The molecule has 2 saturated carbocycles. The van der Waals surface area contributed by atoms with Gasteiger partial charge < -0.3 is 0 Å². The number of hydrogen-bond acceptors (Lipinski definition) is 1. The molecule has 2 rings (SSSR count). The van der Waals surface area contributed by atoms with Gasteiger partial charge in [-0.05, 0) is 69.1 Å². The van der Waals surface area contributed by atoms with E-state index in [0.717, 1.165) is 43.4 Å². The average molecular weight is 316 g/mol. The van der Waals surface area contributed by atoms with E-state index in [1.54, 1.807) is 0 Å². The fourth-order valence-electron chi connectivity index (χ4n) is 5.09. The van der Waals surface area contributed by atoms with E-state index in [2.05, 4.69) is 19.6 Å². The van der Waals surface area contributed by atoms with Gasteiger partial charge in [0.1, 0.15) is 0 Å². The van der Waals surface area contributed by atoms with Crippen LogP contribution in [0, 0.1) is 34.5 Å². The molecule has 0 N–H and O–H groups in total. The Morgan fingerprint density at radius 1 is 1.04 bits per heavy atom. The molecule has 2 aliphatic rings. The van der Waals surface area contributed by atoms with Gasteiger partial charge in [-0.2, -0.15) is 5.26 Å². The third kappa shape index (κ3) is 5.37. The molecule has 130 valence electrons. The van der Waals surface area contributed by atoms with E-state index in [1.807, 2.05) is 6.08 Å². The molecule has 0 aromatic carbocycles. The standard InChI is InChI=1S/C22H37N/c1-3-5-7-8-19-9-11-20(12-10-19)21-13-16-22(18-23,17-14-21)15-6-4-2/h4,19-21H,2-3,5-17H2,1H3. The zero-order chi connectivity index (χ0) is 16.5. The van der Waals surface area contributed by atoms with E-state index in [-0.39, 0.29) is 5.41 Å². The van der Waals surface area contributed by atoms with Crippen molar-refractivity contribution >= 4 is 0 Å². The third-order valence-electron chi connectivity index (χ3n) is 6.83. The van der Waals surface area contributed by atoms with Crippen LogP contribution < -0.4 is 0 Å². The Hall–Kier alpha value is -0.770. The van der Waals surface area contributed by atoms with E-state index in [9.17, 15) is 5.26 Å². The van der Waals surface area contributed by atoms with Crippen LogP contribution in [0.1, 0.15) is 96.8 Å². The second kappa shape index (κ2) is 9.51. The van der Waals surface area contributed by atoms with Gasteiger partial charge in [-0.3, -0.25) is 0 Å². The van der Waals surface area contributed by atoms with Crippen molar-refractivity contribution in [3.63, 3.8) is 0 Å². The second-order valence-corrected chi connectivity index (χ2v) is 8.33. The van der Waals surface area contributed by atoms with E-state index < -0.39 is 0 Å². The van der Waals surface area contributed by atoms with Crippen LogP contribution in [-0.4, -0.2) is 0 Å². The summed E-state index contributed by atoms with van der Waals surface area (Å²) in [6.45, 7) is 6.13. The number of nitriles is 1. The Kier molecular flexibility index (Phi) is 7.68. The predicted octanol–water partition coefficient (Wildman–Crippen LogP) is 7.04.